The second-order valence-electron chi connectivity index (χ2n) is 7.18. The summed E-state index contributed by atoms with van der Waals surface area (Å²) in [6.07, 6.45) is 19.8. The monoisotopic (exact) mass is 330 g/mol. The van der Waals surface area contributed by atoms with Crippen LogP contribution in [0.15, 0.2) is 0 Å². The van der Waals surface area contributed by atoms with E-state index >= 15 is 0 Å². The van der Waals surface area contributed by atoms with E-state index in [-0.39, 0.29) is 0 Å². The molecule has 0 aromatic carbocycles. The number of rotatable bonds is 17. The SMILES string of the molecule is CCCCCCCCCCCCCCCCC(CC)C(O)(O)O. The fourth-order valence-corrected chi connectivity index (χ4v) is 3.26. The lowest BCUT2D eigenvalue weighted by Gasteiger charge is -2.24. The molecule has 0 fully saturated rings. The smallest absolute Gasteiger partial charge is 0.278 e. The van der Waals surface area contributed by atoms with Crippen LogP contribution < -0.4 is 0 Å². The van der Waals surface area contributed by atoms with Gasteiger partial charge in [-0.05, 0) is 12.8 Å². The first-order chi connectivity index (χ1) is 11.0. The van der Waals surface area contributed by atoms with Crippen molar-refractivity contribution in [2.24, 2.45) is 5.92 Å². The van der Waals surface area contributed by atoms with E-state index in [0.29, 0.717) is 12.8 Å². The van der Waals surface area contributed by atoms with Gasteiger partial charge in [-0.25, -0.2) is 0 Å². The second-order valence-corrected chi connectivity index (χ2v) is 7.18. The largest absolute Gasteiger partial charge is 0.343 e. The molecule has 0 saturated carbocycles. The molecule has 0 radical (unpaired) electrons. The molecular weight excluding hydrogens is 288 g/mol. The highest BCUT2D eigenvalue weighted by Crippen LogP contribution is 2.22. The number of hydrogen-bond acceptors (Lipinski definition) is 3. The van der Waals surface area contributed by atoms with Crippen LogP contribution in [-0.4, -0.2) is 21.3 Å². The van der Waals surface area contributed by atoms with E-state index in [2.05, 4.69) is 6.92 Å². The summed E-state index contributed by atoms with van der Waals surface area (Å²) in [4.78, 5) is 0. The minimum absolute atomic E-state index is 0.417. The minimum atomic E-state index is -2.49. The van der Waals surface area contributed by atoms with E-state index in [1.54, 1.807) is 0 Å². The van der Waals surface area contributed by atoms with Gasteiger partial charge in [-0.3, -0.25) is 0 Å². The zero-order valence-corrected chi connectivity index (χ0v) is 15.7. The number of aliphatic hydroxyl groups is 3. The van der Waals surface area contributed by atoms with Crippen molar-refractivity contribution in [1.29, 1.82) is 0 Å². The number of hydrogen-bond donors (Lipinski definition) is 3. The molecule has 0 aliphatic rings. The Morgan fingerprint density at radius 2 is 0.913 bits per heavy atom. The molecule has 23 heavy (non-hydrogen) atoms. The average molecular weight is 331 g/mol. The Labute approximate surface area is 144 Å². The van der Waals surface area contributed by atoms with E-state index in [9.17, 15) is 15.3 Å². The van der Waals surface area contributed by atoms with Crippen LogP contribution in [0.4, 0.5) is 0 Å². The lowest BCUT2D eigenvalue weighted by molar-refractivity contribution is -0.343. The molecule has 0 aliphatic heterocycles. The van der Waals surface area contributed by atoms with Gasteiger partial charge in [-0.2, -0.15) is 0 Å². The van der Waals surface area contributed by atoms with Crippen LogP contribution in [0.5, 0.6) is 0 Å². The molecule has 0 aliphatic carbocycles. The Balaban J connectivity index is 3.22. The third-order valence-corrected chi connectivity index (χ3v) is 4.95. The summed E-state index contributed by atoms with van der Waals surface area (Å²) in [5.74, 6) is -2.91. The topological polar surface area (TPSA) is 60.7 Å². The van der Waals surface area contributed by atoms with Crippen molar-refractivity contribution in [2.75, 3.05) is 0 Å². The van der Waals surface area contributed by atoms with Crippen LogP contribution in [0.3, 0.4) is 0 Å². The summed E-state index contributed by atoms with van der Waals surface area (Å²) in [5, 5.41) is 27.6. The van der Waals surface area contributed by atoms with Gasteiger partial charge in [0.1, 0.15) is 0 Å². The van der Waals surface area contributed by atoms with Crippen LogP contribution in [-0.2, 0) is 0 Å². The van der Waals surface area contributed by atoms with Crippen LogP contribution >= 0.6 is 0 Å². The molecule has 0 amide bonds. The molecular formula is C20H42O3. The van der Waals surface area contributed by atoms with Crippen molar-refractivity contribution in [2.45, 2.75) is 123 Å². The minimum Gasteiger partial charge on any atom is -0.343 e. The molecule has 1 unspecified atom stereocenters. The van der Waals surface area contributed by atoms with Gasteiger partial charge in [0.25, 0.3) is 5.97 Å². The predicted octanol–water partition coefficient (Wildman–Crippen LogP) is 5.51. The highest BCUT2D eigenvalue weighted by atomic mass is 16.7. The Bertz CT molecular complexity index is 236. The van der Waals surface area contributed by atoms with Gasteiger partial charge in [-0.1, -0.05) is 104 Å². The molecule has 0 aromatic heterocycles. The van der Waals surface area contributed by atoms with Crippen molar-refractivity contribution in [3.63, 3.8) is 0 Å². The van der Waals surface area contributed by atoms with E-state index in [0.717, 1.165) is 12.8 Å². The zero-order chi connectivity index (χ0) is 17.4. The molecule has 0 saturated heterocycles. The molecule has 3 nitrogen and oxygen atoms in total. The Kier molecular flexibility index (Phi) is 15.3. The fraction of sp³-hybridized carbons (Fsp3) is 1.00. The van der Waals surface area contributed by atoms with E-state index in [1.807, 2.05) is 6.92 Å². The summed E-state index contributed by atoms with van der Waals surface area (Å²) in [5.41, 5.74) is 0. The maximum Gasteiger partial charge on any atom is 0.278 e. The van der Waals surface area contributed by atoms with Crippen LogP contribution in [0.2, 0.25) is 0 Å². The average Bonchev–Trinajstić information content (AvgIpc) is 2.50. The molecule has 0 heterocycles. The van der Waals surface area contributed by atoms with Gasteiger partial charge in [0.15, 0.2) is 0 Å². The van der Waals surface area contributed by atoms with Crippen molar-refractivity contribution < 1.29 is 15.3 Å². The highest BCUT2D eigenvalue weighted by Gasteiger charge is 2.29. The first-order valence-corrected chi connectivity index (χ1v) is 10.2. The lowest BCUT2D eigenvalue weighted by atomic mass is 9.95. The second kappa shape index (κ2) is 15.4. The molecule has 3 heteroatoms. The van der Waals surface area contributed by atoms with Gasteiger partial charge >= 0.3 is 0 Å². The normalized spacial score (nSPS) is 13.4. The Morgan fingerprint density at radius 3 is 1.22 bits per heavy atom. The predicted molar refractivity (Wildman–Crippen MR) is 98.1 cm³/mol. The van der Waals surface area contributed by atoms with Gasteiger partial charge < -0.3 is 15.3 Å². The van der Waals surface area contributed by atoms with Crippen LogP contribution in [0, 0.1) is 5.92 Å². The third kappa shape index (κ3) is 15.2. The quantitative estimate of drug-likeness (QED) is 0.243. The zero-order valence-electron chi connectivity index (χ0n) is 15.7. The van der Waals surface area contributed by atoms with E-state index < -0.39 is 11.9 Å². The molecule has 1 atom stereocenters. The van der Waals surface area contributed by atoms with Gasteiger partial charge in [0.2, 0.25) is 0 Å². The first kappa shape index (κ1) is 22.9. The van der Waals surface area contributed by atoms with Crippen molar-refractivity contribution in [3.05, 3.63) is 0 Å². The van der Waals surface area contributed by atoms with E-state index in [4.69, 9.17) is 0 Å². The summed E-state index contributed by atoms with van der Waals surface area (Å²) in [6.45, 7) is 4.15. The van der Waals surface area contributed by atoms with Crippen molar-refractivity contribution in [3.8, 4) is 0 Å². The Morgan fingerprint density at radius 1 is 0.565 bits per heavy atom. The molecule has 0 spiro atoms. The Hall–Kier alpha value is -0.120. The number of unbranched alkanes of at least 4 members (excludes halogenated alkanes) is 13. The maximum absolute atomic E-state index is 9.19. The van der Waals surface area contributed by atoms with Crippen LogP contribution in [0.1, 0.15) is 117 Å². The lowest BCUT2D eigenvalue weighted by Crippen LogP contribution is -2.36. The standard InChI is InChI=1S/C20H42O3/c1-3-5-6-7-8-9-10-11-12-13-14-15-16-17-18-19(4-2)20(21,22)23/h19,21-23H,3-18H2,1-2H3. The summed E-state index contributed by atoms with van der Waals surface area (Å²) >= 11 is 0. The molecule has 0 aromatic rings. The molecule has 0 bridgehead atoms. The van der Waals surface area contributed by atoms with Crippen molar-refractivity contribution in [1.82, 2.24) is 0 Å². The highest BCUT2D eigenvalue weighted by molar-refractivity contribution is 4.64. The summed E-state index contributed by atoms with van der Waals surface area (Å²) < 4.78 is 0. The molecule has 140 valence electrons. The van der Waals surface area contributed by atoms with Crippen LogP contribution in [0.25, 0.3) is 0 Å². The summed E-state index contributed by atoms with van der Waals surface area (Å²) in [7, 11) is 0. The van der Waals surface area contributed by atoms with Gasteiger partial charge in [-0.15, -0.1) is 0 Å². The molecule has 3 N–H and O–H groups in total. The maximum atomic E-state index is 9.19. The van der Waals surface area contributed by atoms with Gasteiger partial charge in [0, 0.05) is 5.92 Å². The first-order valence-electron chi connectivity index (χ1n) is 10.2. The molecule has 0 rings (SSSR count). The van der Waals surface area contributed by atoms with Gasteiger partial charge in [0.05, 0.1) is 0 Å². The third-order valence-electron chi connectivity index (χ3n) is 4.95. The fourth-order valence-electron chi connectivity index (χ4n) is 3.26. The van der Waals surface area contributed by atoms with E-state index in [1.165, 1.54) is 77.0 Å². The van der Waals surface area contributed by atoms with Crippen molar-refractivity contribution >= 4 is 0 Å². The summed E-state index contributed by atoms with van der Waals surface area (Å²) in [6, 6.07) is 0.